The van der Waals surface area contributed by atoms with Crippen molar-refractivity contribution in [2.24, 2.45) is 0 Å². The number of anilines is 2. The second kappa shape index (κ2) is 9.82. The van der Waals surface area contributed by atoms with Crippen molar-refractivity contribution in [1.82, 2.24) is 4.98 Å². The number of nitrogens with one attached hydrogen (secondary N) is 1. The van der Waals surface area contributed by atoms with Crippen LogP contribution in [0, 0.1) is 5.82 Å². The van der Waals surface area contributed by atoms with Crippen LogP contribution in [0.15, 0.2) is 36.5 Å². The molecule has 3 rings (SSSR count). The van der Waals surface area contributed by atoms with Crippen LogP contribution in [0.1, 0.15) is 38.2 Å². The van der Waals surface area contributed by atoms with E-state index in [-0.39, 0.29) is 23.6 Å². The minimum atomic E-state index is -2.59. The fourth-order valence-electron chi connectivity index (χ4n) is 3.63. The summed E-state index contributed by atoms with van der Waals surface area (Å²) in [6.07, 6.45) is -0.0822. The molecular formula is C22H26F3N3O2. The van der Waals surface area contributed by atoms with Crippen molar-refractivity contribution in [2.45, 2.75) is 45.1 Å². The molecule has 0 amide bonds. The summed E-state index contributed by atoms with van der Waals surface area (Å²) < 4.78 is 45.5. The molecule has 0 radical (unpaired) electrons. The van der Waals surface area contributed by atoms with E-state index in [1.54, 1.807) is 6.92 Å². The van der Waals surface area contributed by atoms with Crippen molar-refractivity contribution < 1.29 is 22.7 Å². The molecule has 1 saturated heterocycles. The molecule has 1 N–H and O–H groups in total. The predicted octanol–water partition coefficient (Wildman–Crippen LogP) is 4.64. The lowest BCUT2D eigenvalue weighted by Crippen LogP contribution is -2.25. The molecule has 2 atom stereocenters. The van der Waals surface area contributed by atoms with Gasteiger partial charge < -0.3 is 19.7 Å². The molecule has 2 aromatic rings. The maximum Gasteiger partial charge on any atom is 0.255 e. The number of nitrogens with zero attached hydrogens (tertiary/aromatic N) is 2. The van der Waals surface area contributed by atoms with Crippen molar-refractivity contribution in [3.05, 3.63) is 47.9 Å². The molecular weight excluding hydrogens is 395 g/mol. The number of pyridine rings is 1. The zero-order chi connectivity index (χ0) is 21.7. The molecule has 0 unspecified atom stereocenters. The van der Waals surface area contributed by atoms with E-state index in [0.29, 0.717) is 31.6 Å². The molecule has 0 aliphatic carbocycles. The van der Waals surface area contributed by atoms with Crippen LogP contribution < -0.4 is 15.0 Å². The highest BCUT2D eigenvalue weighted by molar-refractivity contribution is 5.76. The number of carbonyl (C=O) groups excluding carboxylic acids is 1. The molecule has 162 valence electrons. The fraction of sp³-hybridized carbons (Fsp3) is 0.455. The SMILES string of the molecule is CC(=O)C[C@@H](C)c1ccc(O[C@@H]2CCN(c3ccnc(NCC(F)F)c3F)C2)cc1. The van der Waals surface area contributed by atoms with Gasteiger partial charge in [-0.2, -0.15) is 0 Å². The van der Waals surface area contributed by atoms with Crippen molar-refractivity contribution in [3.8, 4) is 5.75 Å². The summed E-state index contributed by atoms with van der Waals surface area (Å²) in [6.45, 7) is 4.02. The first kappa shape index (κ1) is 21.9. The van der Waals surface area contributed by atoms with Gasteiger partial charge in [-0.1, -0.05) is 19.1 Å². The Bertz CT molecular complexity index is 861. The van der Waals surface area contributed by atoms with Crippen molar-refractivity contribution in [2.75, 3.05) is 29.9 Å². The Morgan fingerprint density at radius 1 is 1.30 bits per heavy atom. The van der Waals surface area contributed by atoms with E-state index < -0.39 is 18.8 Å². The van der Waals surface area contributed by atoms with Gasteiger partial charge in [0.15, 0.2) is 11.6 Å². The molecule has 1 aliphatic heterocycles. The second-order valence-corrected chi connectivity index (χ2v) is 7.62. The Hall–Kier alpha value is -2.77. The van der Waals surface area contributed by atoms with Gasteiger partial charge in [0.2, 0.25) is 0 Å². The van der Waals surface area contributed by atoms with Crippen LogP contribution in [0.3, 0.4) is 0 Å². The average Bonchev–Trinajstić information content (AvgIpc) is 3.15. The average molecular weight is 421 g/mol. The summed E-state index contributed by atoms with van der Waals surface area (Å²) >= 11 is 0. The summed E-state index contributed by atoms with van der Waals surface area (Å²) in [4.78, 5) is 16.9. The number of hydrogen-bond donors (Lipinski definition) is 1. The Kier molecular flexibility index (Phi) is 7.18. The number of benzene rings is 1. The van der Waals surface area contributed by atoms with Gasteiger partial charge in [-0.3, -0.25) is 0 Å². The third-order valence-electron chi connectivity index (χ3n) is 5.12. The monoisotopic (exact) mass is 421 g/mol. The number of aromatic nitrogens is 1. The topological polar surface area (TPSA) is 54.5 Å². The Morgan fingerprint density at radius 3 is 2.70 bits per heavy atom. The lowest BCUT2D eigenvalue weighted by Gasteiger charge is -2.21. The number of rotatable bonds is 9. The summed E-state index contributed by atoms with van der Waals surface area (Å²) in [5.74, 6) is 0.219. The van der Waals surface area contributed by atoms with E-state index >= 15 is 0 Å². The molecule has 2 heterocycles. The van der Waals surface area contributed by atoms with Gasteiger partial charge in [0.25, 0.3) is 6.43 Å². The maximum atomic E-state index is 14.7. The minimum Gasteiger partial charge on any atom is -0.489 e. The highest BCUT2D eigenvalue weighted by Gasteiger charge is 2.27. The van der Waals surface area contributed by atoms with Crippen LogP contribution in [0.4, 0.5) is 24.7 Å². The summed E-state index contributed by atoms with van der Waals surface area (Å²) in [5.41, 5.74) is 1.40. The second-order valence-electron chi connectivity index (χ2n) is 7.62. The number of ketones is 1. The quantitative estimate of drug-likeness (QED) is 0.639. The van der Waals surface area contributed by atoms with Gasteiger partial charge in [0.05, 0.1) is 18.8 Å². The van der Waals surface area contributed by atoms with Crippen molar-refractivity contribution >= 4 is 17.3 Å². The summed E-state index contributed by atoms with van der Waals surface area (Å²) in [5, 5.41) is 2.34. The van der Waals surface area contributed by atoms with E-state index in [0.717, 1.165) is 11.3 Å². The number of hydrogen-bond acceptors (Lipinski definition) is 5. The van der Waals surface area contributed by atoms with Gasteiger partial charge in [-0.05, 0) is 36.6 Å². The van der Waals surface area contributed by atoms with Crippen LogP contribution in [0.5, 0.6) is 5.75 Å². The number of alkyl halides is 2. The first-order valence-electron chi connectivity index (χ1n) is 10.0. The number of ether oxygens (including phenoxy) is 1. The van der Waals surface area contributed by atoms with E-state index in [2.05, 4.69) is 10.3 Å². The van der Waals surface area contributed by atoms with Crippen LogP contribution in [0.2, 0.25) is 0 Å². The molecule has 8 heteroatoms. The smallest absolute Gasteiger partial charge is 0.255 e. The molecule has 1 aliphatic rings. The predicted molar refractivity (Wildman–Crippen MR) is 110 cm³/mol. The highest BCUT2D eigenvalue weighted by Crippen LogP contribution is 2.29. The largest absolute Gasteiger partial charge is 0.489 e. The van der Waals surface area contributed by atoms with Crippen molar-refractivity contribution in [3.63, 3.8) is 0 Å². The van der Waals surface area contributed by atoms with E-state index in [9.17, 15) is 18.0 Å². The third-order valence-corrected chi connectivity index (χ3v) is 5.12. The Labute approximate surface area is 174 Å². The molecule has 1 aromatic carbocycles. The molecule has 0 spiro atoms. The molecule has 0 bridgehead atoms. The minimum absolute atomic E-state index is 0.115. The molecule has 5 nitrogen and oxygen atoms in total. The zero-order valence-corrected chi connectivity index (χ0v) is 17.1. The summed E-state index contributed by atoms with van der Waals surface area (Å²) in [7, 11) is 0. The number of halogens is 3. The molecule has 0 saturated carbocycles. The molecule has 1 fully saturated rings. The fourth-order valence-corrected chi connectivity index (χ4v) is 3.63. The standard InChI is InChI=1S/C22H26F3N3O2/c1-14(11-15(2)29)16-3-5-17(6-4-16)30-18-8-10-28(13-18)19-7-9-26-22(21(19)25)27-12-20(23)24/h3-7,9,14,18,20H,8,10-13H2,1-2H3,(H,26,27)/t14-,18-/m1/s1. The first-order valence-corrected chi connectivity index (χ1v) is 10.0. The number of carbonyl (C=O) groups is 1. The van der Waals surface area contributed by atoms with Crippen LogP contribution in [0.25, 0.3) is 0 Å². The van der Waals surface area contributed by atoms with Gasteiger partial charge in [0.1, 0.15) is 17.6 Å². The van der Waals surface area contributed by atoms with Gasteiger partial charge in [-0.25, -0.2) is 18.2 Å². The van der Waals surface area contributed by atoms with Crippen molar-refractivity contribution in [1.29, 1.82) is 0 Å². The summed E-state index contributed by atoms with van der Waals surface area (Å²) in [6, 6.07) is 9.22. The lowest BCUT2D eigenvalue weighted by molar-refractivity contribution is -0.117. The third kappa shape index (κ3) is 5.64. The van der Waals surface area contributed by atoms with Crippen LogP contribution >= 0.6 is 0 Å². The van der Waals surface area contributed by atoms with Gasteiger partial charge >= 0.3 is 0 Å². The highest BCUT2D eigenvalue weighted by atomic mass is 19.3. The van der Waals surface area contributed by atoms with Gasteiger partial charge in [-0.15, -0.1) is 0 Å². The van der Waals surface area contributed by atoms with E-state index in [1.165, 1.54) is 12.3 Å². The number of Topliss-reactive ketones (excluding diaryl/α,β-unsaturated/α-hetero) is 1. The first-order chi connectivity index (χ1) is 14.3. The Morgan fingerprint density at radius 2 is 2.03 bits per heavy atom. The Balaban J connectivity index is 1.59. The maximum absolute atomic E-state index is 14.7. The molecule has 1 aromatic heterocycles. The zero-order valence-electron chi connectivity index (χ0n) is 17.1. The van der Waals surface area contributed by atoms with Crippen LogP contribution in [-0.4, -0.2) is 42.9 Å². The molecule has 30 heavy (non-hydrogen) atoms. The van der Waals surface area contributed by atoms with Crippen LogP contribution in [-0.2, 0) is 4.79 Å². The van der Waals surface area contributed by atoms with E-state index in [1.807, 2.05) is 36.1 Å². The lowest BCUT2D eigenvalue weighted by atomic mass is 9.96. The normalized spacial score (nSPS) is 17.3. The van der Waals surface area contributed by atoms with Gasteiger partial charge in [0, 0.05) is 25.6 Å². The van der Waals surface area contributed by atoms with E-state index in [4.69, 9.17) is 4.74 Å².